The van der Waals surface area contributed by atoms with E-state index in [1.807, 2.05) is 18.2 Å². The minimum absolute atomic E-state index is 0.0440. The van der Waals surface area contributed by atoms with Gasteiger partial charge in [-0.15, -0.1) is 0 Å². The molecule has 5 rings (SSSR count). The lowest BCUT2D eigenvalue weighted by molar-refractivity contribution is -0.142. The highest BCUT2D eigenvalue weighted by Gasteiger charge is 2.47. The van der Waals surface area contributed by atoms with Crippen molar-refractivity contribution in [2.75, 3.05) is 11.5 Å². The first-order valence-corrected chi connectivity index (χ1v) is 12.6. The summed E-state index contributed by atoms with van der Waals surface area (Å²) in [5.41, 5.74) is 4.88. The third-order valence-electron chi connectivity index (χ3n) is 6.96. The molecule has 37 heavy (non-hydrogen) atoms. The van der Waals surface area contributed by atoms with Gasteiger partial charge in [0.1, 0.15) is 5.76 Å². The average Bonchev–Trinajstić information content (AvgIpc) is 3.19. The highest BCUT2D eigenvalue weighted by atomic mass is 16.5. The van der Waals surface area contributed by atoms with Crippen LogP contribution in [-0.2, 0) is 38.4 Å². The number of carbonyl (C=O) groups excluding carboxylic acids is 3. The van der Waals surface area contributed by atoms with E-state index in [2.05, 4.69) is 4.98 Å². The molecule has 1 fully saturated rings. The summed E-state index contributed by atoms with van der Waals surface area (Å²) in [5.74, 6) is -1.99. The first-order valence-electron chi connectivity index (χ1n) is 12.6. The van der Waals surface area contributed by atoms with Crippen LogP contribution in [0.3, 0.4) is 0 Å². The molecule has 1 saturated heterocycles. The van der Waals surface area contributed by atoms with Crippen molar-refractivity contribution in [2.24, 2.45) is 0 Å². The number of ether oxygens (including phenoxy) is 1. The van der Waals surface area contributed by atoms with Crippen LogP contribution in [0.5, 0.6) is 0 Å². The van der Waals surface area contributed by atoms with E-state index in [4.69, 9.17) is 4.74 Å². The number of benzene rings is 2. The Balaban J connectivity index is 1.57. The summed E-state index contributed by atoms with van der Waals surface area (Å²) in [6.45, 7) is 2.05. The second kappa shape index (κ2) is 10.4. The molecule has 0 spiro atoms. The summed E-state index contributed by atoms with van der Waals surface area (Å²) in [4.78, 5) is 44.1. The minimum Gasteiger partial charge on any atom is -0.507 e. The number of ketones is 1. The number of anilines is 1. The number of carbonyl (C=O) groups is 3. The zero-order valence-electron chi connectivity index (χ0n) is 20.6. The number of aliphatic hydroxyl groups is 1. The number of aromatic nitrogens is 1. The van der Waals surface area contributed by atoms with Crippen LogP contribution in [0.25, 0.3) is 5.76 Å². The first kappa shape index (κ1) is 24.4. The second-order valence-corrected chi connectivity index (χ2v) is 9.29. The Bertz CT molecular complexity index is 1380. The second-order valence-electron chi connectivity index (χ2n) is 9.29. The molecule has 1 unspecified atom stereocenters. The summed E-state index contributed by atoms with van der Waals surface area (Å²) in [6.07, 6.45) is 7.46. The van der Waals surface area contributed by atoms with E-state index in [9.17, 15) is 19.5 Å². The lowest BCUT2D eigenvalue weighted by Gasteiger charge is -2.25. The van der Waals surface area contributed by atoms with Crippen molar-refractivity contribution in [1.82, 2.24) is 4.98 Å². The Morgan fingerprint density at radius 1 is 1.00 bits per heavy atom. The van der Waals surface area contributed by atoms with Crippen LogP contribution in [0.2, 0.25) is 0 Å². The summed E-state index contributed by atoms with van der Waals surface area (Å²) < 4.78 is 5.01. The van der Waals surface area contributed by atoms with Gasteiger partial charge in [0.2, 0.25) is 0 Å². The molecule has 2 aromatic carbocycles. The average molecular weight is 497 g/mol. The molecule has 3 aromatic rings. The lowest BCUT2D eigenvalue weighted by Crippen LogP contribution is -2.29. The molecule has 7 nitrogen and oxygen atoms in total. The smallest absolute Gasteiger partial charge is 0.310 e. The number of esters is 1. The van der Waals surface area contributed by atoms with E-state index < -0.39 is 17.7 Å². The highest BCUT2D eigenvalue weighted by molar-refractivity contribution is 6.51. The molecule has 7 heteroatoms. The molecular formula is C30H28N2O5. The van der Waals surface area contributed by atoms with E-state index in [0.717, 1.165) is 31.2 Å². The fourth-order valence-corrected chi connectivity index (χ4v) is 5.15. The van der Waals surface area contributed by atoms with Crippen molar-refractivity contribution in [3.63, 3.8) is 0 Å². The number of nitrogens with zero attached hydrogens (tertiary/aromatic N) is 2. The van der Waals surface area contributed by atoms with Crippen molar-refractivity contribution < 1.29 is 24.2 Å². The van der Waals surface area contributed by atoms with Crippen LogP contribution in [0.15, 0.2) is 72.6 Å². The van der Waals surface area contributed by atoms with Gasteiger partial charge in [0.25, 0.3) is 11.7 Å². The predicted octanol–water partition coefficient (Wildman–Crippen LogP) is 4.69. The fraction of sp³-hybridized carbons (Fsp3) is 0.267. The number of hydrogen-bond donors (Lipinski definition) is 1. The van der Waals surface area contributed by atoms with Crippen LogP contribution in [0.4, 0.5) is 5.69 Å². The monoisotopic (exact) mass is 496 g/mol. The highest BCUT2D eigenvalue weighted by Crippen LogP contribution is 2.42. The standard InChI is InChI=1S/C30H28N2O5/c1-2-37-25(33)17-19-7-11-24(12-8-19)32-27(21-13-15-31-16-14-21)26(29(35)30(32)36)28(34)23-10-9-20-5-3-4-6-22(20)18-23/h7-16,18,27,34H,2-6,17H2,1H3/b28-26-. The van der Waals surface area contributed by atoms with Gasteiger partial charge < -0.3 is 9.84 Å². The maximum Gasteiger partial charge on any atom is 0.310 e. The molecule has 0 bridgehead atoms. The topological polar surface area (TPSA) is 96.8 Å². The predicted molar refractivity (Wildman–Crippen MR) is 139 cm³/mol. The quantitative estimate of drug-likeness (QED) is 0.230. The lowest BCUT2D eigenvalue weighted by atomic mass is 9.89. The normalized spacial score (nSPS) is 18.5. The number of fused-ring (bicyclic) bond motifs is 1. The third kappa shape index (κ3) is 4.77. The van der Waals surface area contributed by atoms with Crippen molar-refractivity contribution in [3.8, 4) is 0 Å². The number of rotatable bonds is 6. The van der Waals surface area contributed by atoms with E-state index in [1.165, 1.54) is 16.0 Å². The molecule has 1 amide bonds. The molecule has 0 saturated carbocycles. The van der Waals surface area contributed by atoms with E-state index >= 15 is 0 Å². The number of hydrogen-bond acceptors (Lipinski definition) is 6. The minimum atomic E-state index is -0.824. The molecule has 1 N–H and O–H groups in total. The van der Waals surface area contributed by atoms with Crippen LogP contribution in [0, 0.1) is 0 Å². The van der Waals surface area contributed by atoms with Crippen LogP contribution < -0.4 is 4.90 Å². The van der Waals surface area contributed by atoms with Gasteiger partial charge in [-0.05, 0) is 85.2 Å². The molecule has 188 valence electrons. The molecule has 1 aromatic heterocycles. The summed E-state index contributed by atoms with van der Waals surface area (Å²) in [5, 5.41) is 11.4. The van der Waals surface area contributed by atoms with Crippen LogP contribution >= 0.6 is 0 Å². The zero-order valence-corrected chi connectivity index (χ0v) is 20.6. The van der Waals surface area contributed by atoms with Gasteiger partial charge in [0, 0.05) is 23.6 Å². The Morgan fingerprint density at radius 3 is 2.41 bits per heavy atom. The van der Waals surface area contributed by atoms with Crippen LogP contribution in [-0.4, -0.2) is 34.4 Å². The molecule has 1 aliphatic heterocycles. The Hall–Kier alpha value is -4.26. The molecular weight excluding hydrogens is 468 g/mol. The first-order chi connectivity index (χ1) is 18.0. The van der Waals surface area contributed by atoms with Gasteiger partial charge in [-0.3, -0.25) is 24.3 Å². The third-order valence-corrected chi connectivity index (χ3v) is 6.96. The zero-order chi connectivity index (χ0) is 25.9. The maximum absolute atomic E-state index is 13.4. The Kier molecular flexibility index (Phi) is 6.86. The molecule has 1 aliphatic carbocycles. The Morgan fingerprint density at radius 2 is 1.70 bits per heavy atom. The van der Waals surface area contributed by atoms with Gasteiger partial charge in [0.05, 0.1) is 24.6 Å². The number of pyridine rings is 1. The van der Waals surface area contributed by atoms with Crippen molar-refractivity contribution in [1.29, 1.82) is 0 Å². The van der Waals surface area contributed by atoms with Gasteiger partial charge in [-0.1, -0.05) is 24.3 Å². The van der Waals surface area contributed by atoms with E-state index in [1.54, 1.807) is 55.7 Å². The van der Waals surface area contributed by atoms with Gasteiger partial charge in [-0.2, -0.15) is 0 Å². The fourth-order valence-electron chi connectivity index (χ4n) is 5.15. The van der Waals surface area contributed by atoms with Crippen LogP contribution in [0.1, 0.15) is 53.6 Å². The van der Waals surface area contributed by atoms with Gasteiger partial charge >= 0.3 is 5.97 Å². The maximum atomic E-state index is 13.4. The van der Waals surface area contributed by atoms with Gasteiger partial charge in [0.15, 0.2) is 0 Å². The van der Waals surface area contributed by atoms with Crippen molar-refractivity contribution in [2.45, 2.75) is 45.1 Å². The number of Topliss-reactive ketones (excluding diaryl/α,β-unsaturated/α-hetero) is 1. The van der Waals surface area contributed by atoms with E-state index in [0.29, 0.717) is 23.4 Å². The van der Waals surface area contributed by atoms with Crippen molar-refractivity contribution in [3.05, 3.63) is 100 Å². The van der Waals surface area contributed by atoms with Crippen molar-refractivity contribution >= 4 is 29.1 Å². The summed E-state index contributed by atoms with van der Waals surface area (Å²) >= 11 is 0. The number of aryl methyl sites for hydroxylation is 2. The SMILES string of the molecule is CCOC(=O)Cc1ccc(N2C(=O)C(=O)/C(=C(\O)c3ccc4c(c3)CCCC4)C2c2ccncc2)cc1. The summed E-state index contributed by atoms with van der Waals surface area (Å²) in [7, 11) is 0. The largest absolute Gasteiger partial charge is 0.507 e. The molecule has 2 aliphatic rings. The number of amides is 1. The molecule has 1 atom stereocenters. The molecule has 2 heterocycles. The van der Waals surface area contributed by atoms with E-state index in [-0.39, 0.29) is 23.7 Å². The Labute approximate surface area is 215 Å². The number of aliphatic hydroxyl groups excluding tert-OH is 1. The molecule has 0 radical (unpaired) electrons. The summed E-state index contributed by atoms with van der Waals surface area (Å²) in [6, 6.07) is 15.3. The van der Waals surface area contributed by atoms with Gasteiger partial charge in [-0.25, -0.2) is 0 Å².